The lowest BCUT2D eigenvalue weighted by molar-refractivity contribution is -0.152. The fourth-order valence-electron chi connectivity index (χ4n) is 6.26. The van der Waals surface area contributed by atoms with Gasteiger partial charge in [-0.15, -0.1) is 0 Å². The lowest BCUT2D eigenvalue weighted by Gasteiger charge is -2.37. The Morgan fingerprint density at radius 3 is 2.76 bits per heavy atom. The van der Waals surface area contributed by atoms with Crippen LogP contribution in [0, 0.1) is 35.5 Å². The van der Waals surface area contributed by atoms with E-state index in [0.29, 0.717) is 23.4 Å². The molecular formula is C29H39NO4. The van der Waals surface area contributed by atoms with Crippen molar-refractivity contribution < 1.29 is 19.4 Å². The number of allylic oxidation sites excluding steroid dienone is 5. The van der Waals surface area contributed by atoms with E-state index in [4.69, 9.17) is 4.74 Å². The van der Waals surface area contributed by atoms with E-state index < -0.39 is 11.9 Å². The summed E-state index contributed by atoms with van der Waals surface area (Å²) in [6.07, 6.45) is 18.6. The number of nitrogens with one attached hydrogen (secondary N) is 1. The van der Waals surface area contributed by atoms with Crippen LogP contribution in [0.4, 0.5) is 0 Å². The van der Waals surface area contributed by atoms with Gasteiger partial charge in [-0.25, -0.2) is 0 Å². The second-order valence-electron chi connectivity index (χ2n) is 10.5. The van der Waals surface area contributed by atoms with Gasteiger partial charge < -0.3 is 14.8 Å². The zero-order valence-corrected chi connectivity index (χ0v) is 20.7. The summed E-state index contributed by atoms with van der Waals surface area (Å²) >= 11 is 0. The number of rotatable bonds is 8. The first-order valence-corrected chi connectivity index (χ1v) is 13.0. The molecule has 1 aliphatic heterocycles. The van der Waals surface area contributed by atoms with Gasteiger partial charge in [-0.3, -0.25) is 9.59 Å². The Morgan fingerprint density at radius 2 is 2.06 bits per heavy atom. The zero-order valence-electron chi connectivity index (χ0n) is 20.7. The minimum atomic E-state index is -0.799. The quantitative estimate of drug-likeness (QED) is 0.272. The molecule has 0 spiro atoms. The summed E-state index contributed by atoms with van der Waals surface area (Å²) < 4.78 is 6.33. The molecule has 1 aromatic rings. The minimum absolute atomic E-state index is 0.0310. The van der Waals surface area contributed by atoms with E-state index in [1.54, 1.807) is 6.92 Å². The predicted octanol–water partition coefficient (Wildman–Crippen LogP) is 6.21. The highest BCUT2D eigenvalue weighted by atomic mass is 16.5. The zero-order chi connectivity index (χ0) is 24.2. The third-order valence-corrected chi connectivity index (χ3v) is 8.36. The van der Waals surface area contributed by atoms with Gasteiger partial charge in [0.2, 0.25) is 0 Å². The lowest BCUT2D eigenvalue weighted by Crippen LogP contribution is -2.40. The van der Waals surface area contributed by atoms with Crippen molar-refractivity contribution in [2.24, 2.45) is 35.5 Å². The highest BCUT2D eigenvalue weighted by molar-refractivity contribution is 5.97. The highest BCUT2D eigenvalue weighted by Gasteiger charge is 2.42. The Balaban J connectivity index is 1.53. The van der Waals surface area contributed by atoms with Crippen molar-refractivity contribution in [3.8, 4) is 0 Å². The molecule has 5 nitrogen and oxygen atoms in total. The molecule has 184 valence electrons. The summed E-state index contributed by atoms with van der Waals surface area (Å²) in [7, 11) is 0. The van der Waals surface area contributed by atoms with Crippen LogP contribution in [0.3, 0.4) is 0 Å². The number of carbonyl (C=O) groups excluding carboxylic acids is 1. The lowest BCUT2D eigenvalue weighted by atomic mass is 9.69. The first kappa shape index (κ1) is 24.7. The minimum Gasteiger partial charge on any atom is -0.481 e. The van der Waals surface area contributed by atoms with Crippen LogP contribution < -0.4 is 0 Å². The molecule has 0 unspecified atom stereocenters. The van der Waals surface area contributed by atoms with Crippen molar-refractivity contribution in [1.29, 1.82) is 0 Å². The number of carboxylic acid groups (broad SMARTS) is 1. The fourth-order valence-corrected chi connectivity index (χ4v) is 6.26. The van der Waals surface area contributed by atoms with E-state index in [1.165, 1.54) is 18.4 Å². The molecule has 2 N–H and O–H groups in total. The smallest absolute Gasteiger partial charge is 0.308 e. The summed E-state index contributed by atoms with van der Waals surface area (Å²) in [4.78, 5) is 28.0. The molecule has 34 heavy (non-hydrogen) atoms. The third-order valence-electron chi connectivity index (χ3n) is 8.36. The van der Waals surface area contributed by atoms with Gasteiger partial charge >= 0.3 is 5.97 Å². The average molecular weight is 466 g/mol. The second-order valence-corrected chi connectivity index (χ2v) is 10.5. The van der Waals surface area contributed by atoms with Gasteiger partial charge in [0, 0.05) is 18.0 Å². The summed E-state index contributed by atoms with van der Waals surface area (Å²) in [6, 6.07) is 3.78. The van der Waals surface area contributed by atoms with Crippen molar-refractivity contribution >= 4 is 11.8 Å². The van der Waals surface area contributed by atoms with Crippen LogP contribution in [0.15, 0.2) is 54.3 Å². The van der Waals surface area contributed by atoms with Gasteiger partial charge in [-0.2, -0.15) is 0 Å². The number of carbonyl (C=O) groups is 2. The van der Waals surface area contributed by atoms with Crippen LogP contribution >= 0.6 is 0 Å². The molecule has 0 bridgehead atoms. The van der Waals surface area contributed by atoms with Crippen molar-refractivity contribution in [1.82, 2.24) is 4.98 Å². The first-order valence-electron chi connectivity index (χ1n) is 13.0. The van der Waals surface area contributed by atoms with E-state index >= 15 is 0 Å². The molecule has 3 aliphatic rings. The number of aromatic nitrogens is 1. The molecule has 1 saturated heterocycles. The van der Waals surface area contributed by atoms with Crippen molar-refractivity contribution in [2.75, 3.05) is 0 Å². The van der Waals surface area contributed by atoms with E-state index in [1.807, 2.05) is 18.3 Å². The van der Waals surface area contributed by atoms with E-state index in [-0.39, 0.29) is 29.8 Å². The van der Waals surface area contributed by atoms with Gasteiger partial charge in [0.1, 0.15) is 0 Å². The number of aliphatic carboxylic acids is 1. The van der Waals surface area contributed by atoms with Crippen LogP contribution in [-0.4, -0.2) is 34.1 Å². The number of ether oxygens (including phenoxy) is 1. The van der Waals surface area contributed by atoms with Gasteiger partial charge in [-0.1, -0.05) is 50.6 Å². The molecule has 0 radical (unpaired) electrons. The Labute approximate surface area is 203 Å². The maximum atomic E-state index is 13.4. The maximum absolute atomic E-state index is 13.4. The van der Waals surface area contributed by atoms with Crippen molar-refractivity contribution in [2.45, 2.75) is 71.5 Å². The Bertz CT molecular complexity index is 943. The van der Waals surface area contributed by atoms with Crippen molar-refractivity contribution in [3.63, 3.8) is 0 Å². The Morgan fingerprint density at radius 1 is 1.24 bits per heavy atom. The molecule has 1 aromatic heterocycles. The monoisotopic (exact) mass is 465 g/mol. The Hall–Kier alpha value is -2.40. The normalized spacial score (nSPS) is 34.8. The predicted molar refractivity (Wildman–Crippen MR) is 133 cm³/mol. The van der Waals surface area contributed by atoms with Crippen LogP contribution in [0.1, 0.15) is 69.8 Å². The number of hydrogen-bond donors (Lipinski definition) is 2. The van der Waals surface area contributed by atoms with Crippen LogP contribution in [0.2, 0.25) is 0 Å². The molecule has 2 fully saturated rings. The van der Waals surface area contributed by atoms with Gasteiger partial charge in [0.25, 0.3) is 0 Å². The summed E-state index contributed by atoms with van der Waals surface area (Å²) in [5, 5.41) is 9.43. The SMILES string of the molecule is CC/C(=C/C=C/[C@@H]1C=C[C@@H]2CCC[C@H]2[C@@H]1C(=O)c1ccc[nH]1)[C@@H]1O[C@@H]([C@@H](C)C(=O)O)CC[C@@H]1C. The number of hydrogen-bond acceptors (Lipinski definition) is 3. The van der Waals surface area contributed by atoms with E-state index in [2.05, 4.69) is 49.2 Å². The molecular weight excluding hydrogens is 426 g/mol. The molecule has 2 heterocycles. The van der Waals surface area contributed by atoms with Crippen LogP contribution in [-0.2, 0) is 9.53 Å². The standard InChI is InChI=1S/C29H39NO4/c1-4-20(28-18(2)13-16-25(34-28)19(3)29(32)33)8-5-10-22-15-14-21-9-6-11-23(21)26(22)27(31)24-12-7-17-30-24/h5,7-8,10,12,14-15,17-19,21-23,25-26,28,30H,4,6,9,11,13,16H2,1-3H3,(H,32,33)/b10-5+,20-8-/t18-,19+,21-,22+,23+,25+,26+,28+/m0/s1. The number of ketones is 1. The molecule has 2 aliphatic carbocycles. The summed E-state index contributed by atoms with van der Waals surface area (Å²) in [6.45, 7) is 6.05. The molecule has 0 aromatic carbocycles. The van der Waals surface area contributed by atoms with E-state index in [9.17, 15) is 14.7 Å². The first-order chi connectivity index (χ1) is 16.4. The number of aromatic amines is 1. The molecule has 0 amide bonds. The van der Waals surface area contributed by atoms with Gasteiger partial charge in [0.15, 0.2) is 5.78 Å². The van der Waals surface area contributed by atoms with Crippen molar-refractivity contribution in [3.05, 3.63) is 60.0 Å². The van der Waals surface area contributed by atoms with Crippen LogP contribution in [0.5, 0.6) is 0 Å². The molecule has 4 rings (SSSR count). The maximum Gasteiger partial charge on any atom is 0.308 e. The summed E-state index contributed by atoms with van der Waals surface area (Å²) in [5.74, 6) is 0.237. The highest BCUT2D eigenvalue weighted by Crippen LogP contribution is 2.46. The van der Waals surface area contributed by atoms with Gasteiger partial charge in [0.05, 0.1) is 23.8 Å². The average Bonchev–Trinajstić information content (AvgIpc) is 3.53. The molecule has 1 saturated carbocycles. The topological polar surface area (TPSA) is 79.4 Å². The Kier molecular flexibility index (Phi) is 7.92. The second kappa shape index (κ2) is 10.9. The number of Topliss-reactive ketones (excluding diaryl/α,β-unsaturated/α-hetero) is 1. The molecule has 5 heteroatoms. The molecule has 8 atom stereocenters. The third kappa shape index (κ3) is 5.14. The number of H-pyrrole nitrogens is 1. The summed E-state index contributed by atoms with van der Waals surface area (Å²) in [5.41, 5.74) is 1.90. The van der Waals surface area contributed by atoms with Crippen LogP contribution in [0.25, 0.3) is 0 Å². The number of carboxylic acids is 1. The largest absolute Gasteiger partial charge is 0.481 e. The van der Waals surface area contributed by atoms with E-state index in [0.717, 1.165) is 25.7 Å². The van der Waals surface area contributed by atoms with Gasteiger partial charge in [-0.05, 0) is 74.5 Å². The number of fused-ring (bicyclic) bond motifs is 1. The fraction of sp³-hybridized carbons (Fsp3) is 0.586.